The molecule has 0 saturated heterocycles. The van der Waals surface area contributed by atoms with Gasteiger partial charge in [0.25, 0.3) is 6.43 Å². The van der Waals surface area contributed by atoms with Crippen LogP contribution < -0.4 is 5.32 Å². The molecule has 1 N–H and O–H groups in total. The highest BCUT2D eigenvalue weighted by atomic mass is 19.3. The van der Waals surface area contributed by atoms with E-state index in [-0.39, 0.29) is 6.54 Å². The largest absolute Gasteiger partial charge is 0.311 e. The van der Waals surface area contributed by atoms with Crippen molar-refractivity contribution in [3.63, 3.8) is 0 Å². The SMILES string of the molecule is CN(CCNCc1cccnc1)CC(F)F. The molecule has 90 valence electrons. The smallest absolute Gasteiger partial charge is 0.251 e. The molecule has 1 rings (SSSR count). The number of aromatic nitrogens is 1. The van der Waals surface area contributed by atoms with Crippen LogP contribution in [0.15, 0.2) is 24.5 Å². The Kier molecular flexibility index (Phi) is 5.88. The van der Waals surface area contributed by atoms with Crippen LogP contribution in [0.1, 0.15) is 5.56 Å². The predicted molar refractivity (Wildman–Crippen MR) is 59.4 cm³/mol. The van der Waals surface area contributed by atoms with Gasteiger partial charge in [0.05, 0.1) is 6.54 Å². The van der Waals surface area contributed by atoms with E-state index in [9.17, 15) is 8.78 Å². The van der Waals surface area contributed by atoms with E-state index in [2.05, 4.69) is 10.3 Å². The first kappa shape index (κ1) is 13.0. The first-order valence-electron chi connectivity index (χ1n) is 5.25. The number of likely N-dealkylation sites (N-methyl/N-ethyl adjacent to an activating group) is 1. The second kappa shape index (κ2) is 7.24. The highest BCUT2D eigenvalue weighted by Crippen LogP contribution is 1.96. The molecule has 0 atom stereocenters. The number of nitrogens with one attached hydrogen (secondary N) is 1. The summed E-state index contributed by atoms with van der Waals surface area (Å²) in [6.45, 7) is 1.85. The van der Waals surface area contributed by atoms with Crippen molar-refractivity contribution < 1.29 is 8.78 Å². The molecule has 0 unspecified atom stereocenters. The van der Waals surface area contributed by atoms with Crippen LogP contribution in [0.25, 0.3) is 0 Å². The van der Waals surface area contributed by atoms with Crippen LogP contribution in [0, 0.1) is 0 Å². The second-order valence-corrected chi connectivity index (χ2v) is 3.69. The lowest BCUT2D eigenvalue weighted by Crippen LogP contribution is -2.32. The zero-order valence-corrected chi connectivity index (χ0v) is 9.37. The minimum Gasteiger partial charge on any atom is -0.311 e. The third-order valence-electron chi connectivity index (χ3n) is 2.17. The molecule has 0 aliphatic rings. The number of pyridine rings is 1. The molecule has 0 aliphatic carbocycles. The predicted octanol–water partition coefficient (Wildman–Crippen LogP) is 1.37. The number of alkyl halides is 2. The average Bonchev–Trinajstić information content (AvgIpc) is 2.25. The van der Waals surface area contributed by atoms with Crippen LogP contribution in [0.4, 0.5) is 8.78 Å². The minimum atomic E-state index is -2.26. The molecule has 16 heavy (non-hydrogen) atoms. The maximum atomic E-state index is 12.0. The number of rotatable bonds is 7. The highest BCUT2D eigenvalue weighted by Gasteiger charge is 2.06. The van der Waals surface area contributed by atoms with Crippen LogP contribution in [-0.2, 0) is 6.54 Å². The van der Waals surface area contributed by atoms with Crippen molar-refractivity contribution in [1.29, 1.82) is 0 Å². The van der Waals surface area contributed by atoms with Crippen molar-refractivity contribution in [3.05, 3.63) is 30.1 Å². The summed E-state index contributed by atoms with van der Waals surface area (Å²) in [6, 6.07) is 3.85. The van der Waals surface area contributed by atoms with Gasteiger partial charge in [-0.2, -0.15) is 0 Å². The van der Waals surface area contributed by atoms with Crippen molar-refractivity contribution in [1.82, 2.24) is 15.2 Å². The van der Waals surface area contributed by atoms with E-state index in [0.717, 1.165) is 12.1 Å². The quantitative estimate of drug-likeness (QED) is 0.716. The van der Waals surface area contributed by atoms with Gasteiger partial charge < -0.3 is 5.32 Å². The van der Waals surface area contributed by atoms with Gasteiger partial charge in [0.2, 0.25) is 0 Å². The fourth-order valence-electron chi connectivity index (χ4n) is 1.33. The number of hydrogen-bond acceptors (Lipinski definition) is 3. The summed E-state index contributed by atoms with van der Waals surface area (Å²) in [5.74, 6) is 0. The standard InChI is InChI=1S/C11H17F2N3/c1-16(9-11(12)13)6-5-15-8-10-3-2-4-14-7-10/h2-4,7,11,15H,5-6,8-9H2,1H3. The molecular weight excluding hydrogens is 212 g/mol. The highest BCUT2D eigenvalue weighted by molar-refractivity contribution is 5.07. The number of nitrogens with zero attached hydrogens (tertiary/aromatic N) is 2. The summed E-state index contributed by atoms with van der Waals surface area (Å²) in [4.78, 5) is 5.60. The summed E-state index contributed by atoms with van der Waals surface area (Å²) >= 11 is 0. The van der Waals surface area contributed by atoms with Gasteiger partial charge in [0, 0.05) is 32.0 Å². The number of hydrogen-bond donors (Lipinski definition) is 1. The van der Waals surface area contributed by atoms with Crippen LogP contribution in [0.5, 0.6) is 0 Å². The topological polar surface area (TPSA) is 28.2 Å². The first-order chi connectivity index (χ1) is 7.68. The van der Waals surface area contributed by atoms with Gasteiger partial charge in [-0.25, -0.2) is 8.78 Å². The van der Waals surface area contributed by atoms with Gasteiger partial charge >= 0.3 is 0 Å². The third-order valence-corrected chi connectivity index (χ3v) is 2.17. The molecule has 1 aromatic rings. The summed E-state index contributed by atoms with van der Waals surface area (Å²) in [5, 5.41) is 3.18. The van der Waals surface area contributed by atoms with Crippen LogP contribution in [0.3, 0.4) is 0 Å². The fourth-order valence-corrected chi connectivity index (χ4v) is 1.33. The Hall–Kier alpha value is -1.07. The van der Waals surface area contributed by atoms with Gasteiger partial charge in [-0.1, -0.05) is 6.07 Å². The van der Waals surface area contributed by atoms with E-state index >= 15 is 0 Å². The normalized spacial score (nSPS) is 11.3. The maximum absolute atomic E-state index is 12.0. The Morgan fingerprint density at radius 2 is 2.31 bits per heavy atom. The fraction of sp³-hybridized carbons (Fsp3) is 0.545. The maximum Gasteiger partial charge on any atom is 0.251 e. The van der Waals surface area contributed by atoms with Crippen molar-refractivity contribution in [2.45, 2.75) is 13.0 Å². The van der Waals surface area contributed by atoms with E-state index in [1.54, 1.807) is 24.3 Å². The van der Waals surface area contributed by atoms with Crippen LogP contribution >= 0.6 is 0 Å². The Morgan fingerprint density at radius 3 is 2.94 bits per heavy atom. The van der Waals surface area contributed by atoms with Crippen LogP contribution in [-0.4, -0.2) is 43.0 Å². The van der Waals surface area contributed by atoms with E-state index in [1.165, 1.54) is 0 Å². The molecule has 0 saturated carbocycles. The Labute approximate surface area is 94.5 Å². The van der Waals surface area contributed by atoms with Crippen LogP contribution in [0.2, 0.25) is 0 Å². The molecule has 0 aliphatic heterocycles. The molecule has 0 radical (unpaired) electrons. The summed E-state index contributed by atoms with van der Waals surface area (Å²) in [5.41, 5.74) is 1.10. The van der Waals surface area contributed by atoms with Crippen molar-refractivity contribution in [2.75, 3.05) is 26.7 Å². The van der Waals surface area contributed by atoms with Crippen molar-refractivity contribution >= 4 is 0 Å². The Balaban J connectivity index is 2.08. The van der Waals surface area contributed by atoms with Crippen molar-refractivity contribution in [2.24, 2.45) is 0 Å². The molecule has 1 heterocycles. The lowest BCUT2D eigenvalue weighted by Gasteiger charge is -2.15. The van der Waals surface area contributed by atoms with Gasteiger partial charge in [-0.05, 0) is 18.7 Å². The molecule has 3 nitrogen and oxygen atoms in total. The van der Waals surface area contributed by atoms with Gasteiger partial charge in [-0.3, -0.25) is 9.88 Å². The van der Waals surface area contributed by atoms with Gasteiger partial charge in [-0.15, -0.1) is 0 Å². The molecular formula is C11H17F2N3. The lowest BCUT2D eigenvalue weighted by atomic mass is 10.3. The van der Waals surface area contributed by atoms with E-state index in [4.69, 9.17) is 0 Å². The second-order valence-electron chi connectivity index (χ2n) is 3.69. The lowest BCUT2D eigenvalue weighted by molar-refractivity contribution is 0.101. The zero-order chi connectivity index (χ0) is 11.8. The average molecular weight is 229 g/mol. The van der Waals surface area contributed by atoms with Gasteiger partial charge in [0.1, 0.15) is 0 Å². The molecule has 0 bridgehead atoms. The van der Waals surface area contributed by atoms with Crippen molar-refractivity contribution in [3.8, 4) is 0 Å². The molecule has 0 amide bonds. The Morgan fingerprint density at radius 1 is 1.50 bits per heavy atom. The molecule has 0 spiro atoms. The monoisotopic (exact) mass is 229 g/mol. The van der Waals surface area contributed by atoms with E-state index in [1.807, 2.05) is 12.1 Å². The summed E-state index contributed by atoms with van der Waals surface area (Å²) < 4.78 is 24.0. The van der Waals surface area contributed by atoms with E-state index in [0.29, 0.717) is 13.1 Å². The van der Waals surface area contributed by atoms with Gasteiger partial charge in [0.15, 0.2) is 0 Å². The molecule has 5 heteroatoms. The Bertz CT molecular complexity index is 280. The molecule has 0 aromatic carbocycles. The summed E-state index contributed by atoms with van der Waals surface area (Å²) in [7, 11) is 1.69. The third kappa shape index (κ3) is 5.72. The first-order valence-corrected chi connectivity index (χ1v) is 5.25. The molecule has 0 fully saturated rings. The molecule has 1 aromatic heterocycles. The van der Waals surface area contributed by atoms with E-state index < -0.39 is 6.43 Å². The zero-order valence-electron chi connectivity index (χ0n) is 9.37. The minimum absolute atomic E-state index is 0.172. The summed E-state index contributed by atoms with van der Waals surface area (Å²) in [6.07, 6.45) is 1.25. The number of halogens is 2.